The van der Waals surface area contributed by atoms with Crippen LogP contribution < -0.4 is 10.6 Å². The molecule has 0 spiro atoms. The zero-order chi connectivity index (χ0) is 9.26. The maximum atomic E-state index is 10.6. The van der Waals surface area contributed by atoms with Crippen LogP contribution in [0, 0.1) is 5.92 Å². The number of amides is 2. The summed E-state index contributed by atoms with van der Waals surface area (Å²) >= 11 is 0. The Balaban J connectivity index is 1.93. The molecule has 13 heavy (non-hydrogen) atoms. The van der Waals surface area contributed by atoms with Crippen LogP contribution in [0.3, 0.4) is 0 Å². The van der Waals surface area contributed by atoms with E-state index in [0.29, 0.717) is 5.92 Å². The molecular weight excluding hydrogens is 172 g/mol. The molecule has 0 bridgehead atoms. The fourth-order valence-corrected chi connectivity index (χ4v) is 0.841. The topological polar surface area (TPSA) is 82.9 Å². The minimum atomic E-state index is -0.694. The molecule has 2 N–H and O–H groups in total. The van der Waals surface area contributed by atoms with Crippen molar-refractivity contribution in [3.63, 3.8) is 0 Å². The Morgan fingerprint density at radius 1 is 1.23 bits per heavy atom. The van der Waals surface area contributed by atoms with E-state index >= 15 is 0 Å². The van der Waals surface area contributed by atoms with Crippen LogP contribution in [0.2, 0.25) is 0 Å². The Labute approximate surface area is 74.1 Å². The molecule has 1 saturated carbocycles. The first-order valence-electron chi connectivity index (χ1n) is 3.99. The van der Waals surface area contributed by atoms with Gasteiger partial charge in [0.1, 0.15) is 0 Å². The quantitative estimate of drug-likeness (QED) is 0.324. The molecule has 2 fully saturated rings. The van der Waals surface area contributed by atoms with Gasteiger partial charge in [0, 0.05) is 6.21 Å². The zero-order valence-corrected chi connectivity index (χ0v) is 6.78. The largest absolute Gasteiger partial charge is 0.316 e. The highest BCUT2D eigenvalue weighted by molar-refractivity contribution is 6.45. The average molecular weight is 180 g/mol. The molecule has 1 saturated heterocycles. The summed E-state index contributed by atoms with van der Waals surface area (Å²) in [5.74, 6) is -0.759. The monoisotopic (exact) mass is 180 g/mol. The summed E-state index contributed by atoms with van der Waals surface area (Å²) in [6, 6.07) is 0. The molecule has 2 amide bonds. The summed E-state index contributed by atoms with van der Waals surface area (Å²) in [7, 11) is 0. The summed E-state index contributed by atoms with van der Waals surface area (Å²) < 4.78 is 0. The van der Waals surface area contributed by atoms with E-state index in [-0.39, 0.29) is 5.96 Å². The van der Waals surface area contributed by atoms with Gasteiger partial charge < -0.3 is 0 Å². The number of guanidine groups is 1. The Bertz CT molecular complexity index is 298. The Kier molecular flexibility index (Phi) is 1.80. The van der Waals surface area contributed by atoms with Crippen LogP contribution in [0.4, 0.5) is 0 Å². The minimum Gasteiger partial charge on any atom is -0.286 e. The van der Waals surface area contributed by atoms with Gasteiger partial charge in [0.05, 0.1) is 0 Å². The molecule has 0 aromatic heterocycles. The van der Waals surface area contributed by atoms with E-state index in [1.165, 1.54) is 0 Å². The molecular formula is C7H8N4O2. The van der Waals surface area contributed by atoms with E-state index in [1.54, 1.807) is 6.21 Å². The first-order valence-corrected chi connectivity index (χ1v) is 3.99. The van der Waals surface area contributed by atoms with E-state index < -0.39 is 11.8 Å². The van der Waals surface area contributed by atoms with Crippen molar-refractivity contribution in [1.82, 2.24) is 10.6 Å². The van der Waals surface area contributed by atoms with Crippen molar-refractivity contribution in [2.45, 2.75) is 12.8 Å². The van der Waals surface area contributed by atoms with Crippen molar-refractivity contribution in [1.29, 1.82) is 0 Å². The van der Waals surface area contributed by atoms with Crippen molar-refractivity contribution in [2.24, 2.45) is 16.1 Å². The number of carbonyl (C=O) groups excluding carboxylic acids is 2. The zero-order valence-electron chi connectivity index (χ0n) is 6.78. The van der Waals surface area contributed by atoms with Gasteiger partial charge in [0.25, 0.3) is 0 Å². The predicted octanol–water partition coefficient (Wildman–Crippen LogP) is -1.02. The number of hydrogen-bond acceptors (Lipinski definition) is 4. The summed E-state index contributed by atoms with van der Waals surface area (Å²) in [6.07, 6.45) is 4.00. The van der Waals surface area contributed by atoms with E-state index in [4.69, 9.17) is 0 Å². The Morgan fingerprint density at radius 2 is 1.85 bits per heavy atom. The van der Waals surface area contributed by atoms with Gasteiger partial charge in [-0.05, 0) is 18.8 Å². The van der Waals surface area contributed by atoms with E-state index in [2.05, 4.69) is 20.8 Å². The molecule has 0 aromatic carbocycles. The number of rotatable bonds is 2. The van der Waals surface area contributed by atoms with Crippen LogP contribution in [-0.4, -0.2) is 24.0 Å². The van der Waals surface area contributed by atoms with Gasteiger partial charge >= 0.3 is 11.8 Å². The molecule has 1 heterocycles. The average Bonchev–Trinajstić information content (AvgIpc) is 2.82. The molecule has 0 unspecified atom stereocenters. The molecule has 6 nitrogen and oxygen atoms in total. The lowest BCUT2D eigenvalue weighted by Gasteiger charge is -1.88. The lowest BCUT2D eigenvalue weighted by molar-refractivity contribution is -0.135. The fraction of sp³-hybridized carbons (Fsp3) is 0.429. The van der Waals surface area contributed by atoms with E-state index in [9.17, 15) is 9.59 Å². The Hall–Kier alpha value is -1.72. The number of carbonyl (C=O) groups is 2. The first-order chi connectivity index (χ1) is 6.25. The van der Waals surface area contributed by atoms with E-state index in [0.717, 1.165) is 12.8 Å². The highest BCUT2D eigenvalue weighted by Gasteiger charge is 2.25. The van der Waals surface area contributed by atoms with E-state index in [1.807, 2.05) is 0 Å². The smallest absolute Gasteiger partial charge is 0.286 e. The molecule has 0 aromatic rings. The van der Waals surface area contributed by atoms with Crippen LogP contribution in [0.1, 0.15) is 12.8 Å². The van der Waals surface area contributed by atoms with Crippen LogP contribution in [-0.2, 0) is 9.59 Å². The third kappa shape index (κ3) is 1.90. The molecule has 1 aliphatic carbocycles. The summed E-state index contributed by atoms with van der Waals surface area (Å²) in [4.78, 5) is 21.3. The second kappa shape index (κ2) is 2.96. The van der Waals surface area contributed by atoms with Gasteiger partial charge in [-0.25, -0.2) is 0 Å². The third-order valence-electron chi connectivity index (χ3n) is 1.73. The van der Waals surface area contributed by atoms with Gasteiger partial charge in [0.2, 0.25) is 5.96 Å². The van der Waals surface area contributed by atoms with Crippen molar-refractivity contribution in [2.75, 3.05) is 0 Å². The van der Waals surface area contributed by atoms with Crippen molar-refractivity contribution in [3.05, 3.63) is 0 Å². The lowest BCUT2D eigenvalue weighted by atomic mass is 10.5. The van der Waals surface area contributed by atoms with Crippen LogP contribution in [0.25, 0.3) is 0 Å². The summed E-state index contributed by atoms with van der Waals surface area (Å²) in [5.41, 5.74) is 0. The van der Waals surface area contributed by atoms with Gasteiger partial charge in [0.15, 0.2) is 0 Å². The summed E-state index contributed by atoms with van der Waals surface area (Å²) in [6.45, 7) is 0. The highest BCUT2D eigenvalue weighted by atomic mass is 16.2. The van der Waals surface area contributed by atoms with Gasteiger partial charge in [-0.3, -0.25) is 20.2 Å². The van der Waals surface area contributed by atoms with Crippen LogP contribution >= 0.6 is 0 Å². The molecule has 1 aliphatic heterocycles. The molecule has 2 rings (SSSR count). The number of nitrogens with one attached hydrogen (secondary N) is 2. The minimum absolute atomic E-state index is 0.104. The predicted molar refractivity (Wildman–Crippen MR) is 44.9 cm³/mol. The van der Waals surface area contributed by atoms with Gasteiger partial charge in [-0.15, -0.1) is 5.10 Å². The normalized spacial score (nSPS) is 22.0. The lowest BCUT2D eigenvalue weighted by Crippen LogP contribution is -2.24. The highest BCUT2D eigenvalue weighted by Crippen LogP contribution is 2.26. The molecule has 0 atom stereocenters. The second-order valence-electron chi connectivity index (χ2n) is 2.96. The number of nitrogens with zero attached hydrogens (tertiary/aromatic N) is 2. The SMILES string of the molecule is O=C1NC(=N/N=C/C2CC2)NC1=O. The first kappa shape index (κ1) is 7.90. The van der Waals surface area contributed by atoms with Crippen molar-refractivity contribution in [3.8, 4) is 0 Å². The van der Waals surface area contributed by atoms with Crippen LogP contribution in [0.5, 0.6) is 0 Å². The maximum absolute atomic E-state index is 10.6. The maximum Gasteiger partial charge on any atom is 0.316 e. The third-order valence-corrected chi connectivity index (χ3v) is 1.73. The van der Waals surface area contributed by atoms with Gasteiger partial charge in [-0.1, -0.05) is 0 Å². The standard InChI is InChI=1S/C7H8N4O2/c12-5-6(13)10-7(9-5)11-8-3-4-1-2-4/h3-4H,1-2H2,(H2,9,10,11,12,13)/b8-3+. The summed E-state index contributed by atoms with van der Waals surface area (Å²) in [5, 5.41) is 11.8. The van der Waals surface area contributed by atoms with Crippen molar-refractivity contribution < 1.29 is 9.59 Å². The Morgan fingerprint density at radius 3 is 2.38 bits per heavy atom. The van der Waals surface area contributed by atoms with Gasteiger partial charge in [-0.2, -0.15) is 5.10 Å². The van der Waals surface area contributed by atoms with Crippen LogP contribution in [0.15, 0.2) is 10.2 Å². The fourth-order valence-electron chi connectivity index (χ4n) is 0.841. The van der Waals surface area contributed by atoms with Crippen molar-refractivity contribution >= 4 is 24.0 Å². The number of hydrogen-bond donors (Lipinski definition) is 2. The second-order valence-corrected chi connectivity index (χ2v) is 2.96. The molecule has 68 valence electrons. The molecule has 2 aliphatic rings. The molecule has 0 radical (unpaired) electrons. The molecule has 6 heteroatoms.